The maximum absolute atomic E-state index is 9.48. The van der Waals surface area contributed by atoms with Crippen LogP contribution < -0.4 is 0 Å². The molecule has 0 aliphatic heterocycles. The molecule has 4 rings (SSSR count). The van der Waals surface area contributed by atoms with Crippen molar-refractivity contribution >= 4 is 0 Å². The Bertz CT molecular complexity index is 340. The Morgan fingerprint density at radius 3 is 2.53 bits per heavy atom. The van der Waals surface area contributed by atoms with Crippen molar-refractivity contribution in [1.29, 1.82) is 0 Å². The molecule has 1 N–H and O–H groups in total. The summed E-state index contributed by atoms with van der Waals surface area (Å²) >= 11 is 0. The highest BCUT2D eigenvalue weighted by Gasteiger charge is 2.64. The molecule has 17 heavy (non-hydrogen) atoms. The second-order valence-corrected chi connectivity index (χ2v) is 6.73. The Kier molecular flexibility index (Phi) is 2.15. The lowest BCUT2D eigenvalue weighted by atomic mass is 9.67. The molecule has 4 aliphatic rings. The van der Waals surface area contributed by atoms with Crippen molar-refractivity contribution in [3.8, 4) is 0 Å². The molecule has 94 valence electrons. The molecular formula is C15H22O2. The number of aliphatic hydroxyl groups is 1. The van der Waals surface area contributed by atoms with Gasteiger partial charge in [-0.25, -0.2) is 0 Å². The summed E-state index contributed by atoms with van der Waals surface area (Å²) in [5, 5.41) is 9.48. The van der Waals surface area contributed by atoms with Gasteiger partial charge in [-0.3, -0.25) is 0 Å². The van der Waals surface area contributed by atoms with Gasteiger partial charge in [0.05, 0.1) is 6.26 Å². The molecule has 4 aliphatic carbocycles. The standard InChI is InChI=1S/C15H22O2/c1-2-17-13-6-9-5-12(13)15-8-3-10(7-16)11(4-8)14(9)15/h2,8-16H,1,3-7H2. The monoisotopic (exact) mass is 234 g/mol. The second kappa shape index (κ2) is 3.50. The Morgan fingerprint density at radius 2 is 1.76 bits per heavy atom. The highest BCUT2D eigenvalue weighted by Crippen LogP contribution is 2.69. The van der Waals surface area contributed by atoms with Crippen LogP contribution in [0.25, 0.3) is 0 Å². The molecule has 0 spiro atoms. The molecular weight excluding hydrogens is 212 g/mol. The average Bonchev–Trinajstić information content (AvgIpc) is 3.05. The van der Waals surface area contributed by atoms with Crippen molar-refractivity contribution in [3.05, 3.63) is 12.8 Å². The third-order valence-corrected chi connectivity index (χ3v) is 6.40. The van der Waals surface area contributed by atoms with Gasteiger partial charge in [0, 0.05) is 6.61 Å². The maximum atomic E-state index is 9.48. The van der Waals surface area contributed by atoms with Crippen molar-refractivity contribution in [1.82, 2.24) is 0 Å². The maximum Gasteiger partial charge on any atom is 0.101 e. The van der Waals surface area contributed by atoms with Crippen molar-refractivity contribution in [2.75, 3.05) is 6.61 Å². The second-order valence-electron chi connectivity index (χ2n) is 6.73. The summed E-state index contributed by atoms with van der Waals surface area (Å²) in [5.74, 6) is 5.91. The van der Waals surface area contributed by atoms with E-state index in [9.17, 15) is 5.11 Å². The highest BCUT2D eigenvalue weighted by molar-refractivity contribution is 5.13. The fraction of sp³-hybridized carbons (Fsp3) is 0.867. The number of aliphatic hydroxyl groups excluding tert-OH is 1. The van der Waals surface area contributed by atoms with E-state index in [0.717, 1.165) is 35.5 Å². The van der Waals surface area contributed by atoms with Crippen LogP contribution in [-0.2, 0) is 4.74 Å². The Hall–Kier alpha value is -0.500. The highest BCUT2D eigenvalue weighted by atomic mass is 16.5. The van der Waals surface area contributed by atoms with Gasteiger partial charge >= 0.3 is 0 Å². The summed E-state index contributed by atoms with van der Waals surface area (Å²) in [7, 11) is 0. The zero-order valence-corrected chi connectivity index (χ0v) is 10.3. The van der Waals surface area contributed by atoms with Crippen LogP contribution in [0.2, 0.25) is 0 Å². The van der Waals surface area contributed by atoms with Crippen LogP contribution in [0, 0.1) is 41.4 Å². The molecule has 4 saturated carbocycles. The van der Waals surface area contributed by atoms with Gasteiger partial charge in [-0.05, 0) is 67.1 Å². The van der Waals surface area contributed by atoms with Crippen LogP contribution in [0.1, 0.15) is 25.7 Å². The predicted octanol–water partition coefficient (Wildman–Crippen LogP) is 2.44. The van der Waals surface area contributed by atoms with Gasteiger partial charge in [0.2, 0.25) is 0 Å². The molecule has 8 unspecified atom stereocenters. The van der Waals surface area contributed by atoms with Crippen LogP contribution in [0.3, 0.4) is 0 Å². The Labute approximate surface area is 103 Å². The summed E-state index contributed by atoms with van der Waals surface area (Å²) in [5.41, 5.74) is 0. The molecule has 0 aromatic carbocycles. The predicted molar refractivity (Wildman–Crippen MR) is 65.1 cm³/mol. The first kappa shape index (κ1) is 10.4. The largest absolute Gasteiger partial charge is 0.498 e. The van der Waals surface area contributed by atoms with Gasteiger partial charge in [-0.1, -0.05) is 6.58 Å². The van der Waals surface area contributed by atoms with E-state index in [2.05, 4.69) is 6.58 Å². The molecule has 0 amide bonds. The number of ether oxygens (including phenoxy) is 1. The topological polar surface area (TPSA) is 29.5 Å². The number of hydrogen-bond acceptors (Lipinski definition) is 2. The molecule has 2 heteroatoms. The fourth-order valence-electron chi connectivity index (χ4n) is 6.17. The summed E-state index contributed by atoms with van der Waals surface area (Å²) in [6.07, 6.45) is 7.42. The minimum Gasteiger partial charge on any atom is -0.498 e. The number of hydrogen-bond donors (Lipinski definition) is 1. The lowest BCUT2D eigenvalue weighted by Crippen LogP contribution is -2.39. The van der Waals surface area contributed by atoms with E-state index in [0.29, 0.717) is 18.6 Å². The van der Waals surface area contributed by atoms with Crippen molar-refractivity contribution in [2.24, 2.45) is 41.4 Å². The smallest absolute Gasteiger partial charge is 0.101 e. The van der Waals surface area contributed by atoms with Gasteiger partial charge in [0.15, 0.2) is 0 Å². The number of fused-ring (bicyclic) bond motifs is 9. The summed E-state index contributed by atoms with van der Waals surface area (Å²) in [6.45, 7) is 4.14. The van der Waals surface area contributed by atoms with Gasteiger partial charge < -0.3 is 9.84 Å². The van der Waals surface area contributed by atoms with Crippen LogP contribution in [0.4, 0.5) is 0 Å². The molecule has 0 aromatic rings. The molecule has 4 bridgehead atoms. The third-order valence-electron chi connectivity index (χ3n) is 6.40. The minimum absolute atomic E-state index is 0.425. The summed E-state index contributed by atoms with van der Waals surface area (Å²) in [4.78, 5) is 0. The van der Waals surface area contributed by atoms with E-state index in [1.165, 1.54) is 25.7 Å². The van der Waals surface area contributed by atoms with Crippen molar-refractivity contribution in [3.63, 3.8) is 0 Å². The van der Waals surface area contributed by atoms with Crippen LogP contribution >= 0.6 is 0 Å². The molecule has 0 aromatic heterocycles. The Morgan fingerprint density at radius 1 is 1.06 bits per heavy atom. The van der Waals surface area contributed by atoms with E-state index >= 15 is 0 Å². The van der Waals surface area contributed by atoms with Crippen LogP contribution in [0.5, 0.6) is 0 Å². The van der Waals surface area contributed by atoms with E-state index in [1.54, 1.807) is 6.26 Å². The van der Waals surface area contributed by atoms with Gasteiger partial charge in [-0.2, -0.15) is 0 Å². The zero-order valence-electron chi connectivity index (χ0n) is 10.3. The van der Waals surface area contributed by atoms with E-state index in [-0.39, 0.29) is 0 Å². The first-order valence-corrected chi connectivity index (χ1v) is 7.20. The van der Waals surface area contributed by atoms with E-state index in [1.807, 2.05) is 0 Å². The Balaban J connectivity index is 1.59. The van der Waals surface area contributed by atoms with Crippen molar-refractivity contribution in [2.45, 2.75) is 31.8 Å². The third kappa shape index (κ3) is 1.20. The number of rotatable bonds is 3. The lowest BCUT2D eigenvalue weighted by molar-refractivity contribution is -0.000636. The molecule has 0 heterocycles. The molecule has 0 radical (unpaired) electrons. The van der Waals surface area contributed by atoms with Crippen LogP contribution in [-0.4, -0.2) is 17.8 Å². The zero-order chi connectivity index (χ0) is 11.6. The van der Waals surface area contributed by atoms with E-state index < -0.39 is 0 Å². The average molecular weight is 234 g/mol. The minimum atomic E-state index is 0.425. The molecule has 0 saturated heterocycles. The van der Waals surface area contributed by atoms with Gasteiger partial charge in [0.1, 0.15) is 6.10 Å². The molecule has 4 fully saturated rings. The van der Waals surface area contributed by atoms with Crippen LogP contribution in [0.15, 0.2) is 12.8 Å². The fourth-order valence-corrected chi connectivity index (χ4v) is 6.17. The van der Waals surface area contributed by atoms with Gasteiger partial charge in [0.25, 0.3) is 0 Å². The lowest BCUT2D eigenvalue weighted by Gasteiger charge is -2.40. The van der Waals surface area contributed by atoms with Crippen molar-refractivity contribution < 1.29 is 9.84 Å². The summed E-state index contributed by atoms with van der Waals surface area (Å²) in [6, 6.07) is 0. The van der Waals surface area contributed by atoms with Gasteiger partial charge in [-0.15, -0.1) is 0 Å². The molecule has 8 atom stereocenters. The quantitative estimate of drug-likeness (QED) is 0.600. The first-order valence-electron chi connectivity index (χ1n) is 7.20. The molecule has 2 nitrogen and oxygen atoms in total. The first-order chi connectivity index (χ1) is 8.33. The normalized spacial score (nSPS) is 58.4. The van der Waals surface area contributed by atoms with E-state index in [4.69, 9.17) is 4.74 Å². The summed E-state index contributed by atoms with van der Waals surface area (Å²) < 4.78 is 5.72. The SMILES string of the molecule is C=COC1CC2CC1C1C3CC(CO)C(C3)C21.